The molecule has 0 unspecified atom stereocenters. The highest BCUT2D eigenvalue weighted by molar-refractivity contribution is 7.90. The number of fused-ring (bicyclic) bond motifs is 1. The Morgan fingerprint density at radius 2 is 1.81 bits per heavy atom. The summed E-state index contributed by atoms with van der Waals surface area (Å²) in [6.07, 6.45) is 0. The molecule has 0 fully saturated rings. The molecular formula is C14H10F2N2O2S. The molecule has 0 aliphatic rings. The quantitative estimate of drug-likeness (QED) is 0.731. The van der Waals surface area contributed by atoms with Crippen LogP contribution in [0, 0.1) is 18.6 Å². The van der Waals surface area contributed by atoms with E-state index in [0.717, 1.165) is 16.1 Å². The van der Waals surface area contributed by atoms with Crippen LogP contribution in [0.2, 0.25) is 0 Å². The second-order valence-corrected chi connectivity index (χ2v) is 6.25. The fourth-order valence-corrected chi connectivity index (χ4v) is 3.75. The van der Waals surface area contributed by atoms with Crippen molar-refractivity contribution in [3.05, 3.63) is 59.9 Å². The molecule has 0 saturated carbocycles. The number of nitrogens with zero attached hydrogens (tertiary/aromatic N) is 2. The van der Waals surface area contributed by atoms with Crippen LogP contribution in [0.4, 0.5) is 8.78 Å². The monoisotopic (exact) mass is 308 g/mol. The number of aryl methyl sites for hydroxylation is 1. The highest BCUT2D eigenvalue weighted by Gasteiger charge is 2.25. The third-order valence-electron chi connectivity index (χ3n) is 3.09. The van der Waals surface area contributed by atoms with Crippen molar-refractivity contribution in [1.82, 2.24) is 8.96 Å². The fraction of sp³-hybridized carbons (Fsp3) is 0.0714. The summed E-state index contributed by atoms with van der Waals surface area (Å²) in [6.45, 7) is 1.51. The van der Waals surface area contributed by atoms with Crippen LogP contribution >= 0.6 is 0 Å². The van der Waals surface area contributed by atoms with Crippen LogP contribution in [0.25, 0.3) is 11.0 Å². The average Bonchev–Trinajstić information content (AvgIpc) is 2.74. The van der Waals surface area contributed by atoms with Gasteiger partial charge in [-0.05, 0) is 31.2 Å². The van der Waals surface area contributed by atoms with Gasteiger partial charge in [0.1, 0.15) is 22.4 Å². The molecule has 3 rings (SSSR count). The molecule has 7 heteroatoms. The van der Waals surface area contributed by atoms with Gasteiger partial charge in [-0.1, -0.05) is 12.1 Å². The predicted octanol–water partition coefficient (Wildman–Crippen LogP) is 2.86. The lowest BCUT2D eigenvalue weighted by molar-refractivity contribution is 0.545. The lowest BCUT2D eigenvalue weighted by atomic mass is 10.3. The predicted molar refractivity (Wildman–Crippen MR) is 73.4 cm³/mol. The van der Waals surface area contributed by atoms with Gasteiger partial charge in [-0.25, -0.2) is 26.2 Å². The van der Waals surface area contributed by atoms with E-state index in [1.807, 2.05) is 0 Å². The molecule has 21 heavy (non-hydrogen) atoms. The summed E-state index contributed by atoms with van der Waals surface area (Å²) in [6, 6.07) is 8.99. The molecule has 0 bridgehead atoms. The first-order valence-electron chi connectivity index (χ1n) is 6.06. The molecule has 108 valence electrons. The smallest absolute Gasteiger partial charge is 0.232 e. The van der Waals surface area contributed by atoms with E-state index >= 15 is 0 Å². The first-order chi connectivity index (χ1) is 9.91. The van der Waals surface area contributed by atoms with Gasteiger partial charge in [0.15, 0.2) is 0 Å². The van der Waals surface area contributed by atoms with Gasteiger partial charge in [0.25, 0.3) is 10.0 Å². The zero-order valence-corrected chi connectivity index (χ0v) is 11.7. The summed E-state index contributed by atoms with van der Waals surface area (Å²) in [5, 5.41) is 0. The van der Waals surface area contributed by atoms with Gasteiger partial charge in [-0.2, -0.15) is 0 Å². The van der Waals surface area contributed by atoms with Crippen molar-refractivity contribution in [3.63, 3.8) is 0 Å². The van der Waals surface area contributed by atoms with Gasteiger partial charge in [-0.3, -0.25) is 0 Å². The van der Waals surface area contributed by atoms with Crippen molar-refractivity contribution in [2.24, 2.45) is 0 Å². The van der Waals surface area contributed by atoms with Gasteiger partial charge < -0.3 is 0 Å². The molecule has 0 aliphatic heterocycles. The van der Waals surface area contributed by atoms with Crippen molar-refractivity contribution in [3.8, 4) is 0 Å². The molecule has 1 heterocycles. The minimum absolute atomic E-state index is 0.208. The molecule has 0 amide bonds. The second-order valence-electron chi connectivity index (χ2n) is 4.49. The Bertz CT molecular complexity index is 949. The number of aromatic nitrogens is 2. The molecule has 0 atom stereocenters. The van der Waals surface area contributed by atoms with E-state index in [1.165, 1.54) is 6.92 Å². The maximum atomic E-state index is 13.8. The summed E-state index contributed by atoms with van der Waals surface area (Å²) in [5.41, 5.74) is 0.833. The molecule has 1 aromatic heterocycles. The van der Waals surface area contributed by atoms with Gasteiger partial charge in [0.2, 0.25) is 0 Å². The van der Waals surface area contributed by atoms with Gasteiger partial charge in [0, 0.05) is 6.07 Å². The van der Waals surface area contributed by atoms with Crippen molar-refractivity contribution in [1.29, 1.82) is 0 Å². The van der Waals surface area contributed by atoms with Crippen LogP contribution < -0.4 is 0 Å². The van der Waals surface area contributed by atoms with Gasteiger partial charge in [-0.15, -0.1) is 0 Å². The van der Waals surface area contributed by atoms with Crippen molar-refractivity contribution in [2.75, 3.05) is 0 Å². The van der Waals surface area contributed by atoms with Crippen LogP contribution in [-0.4, -0.2) is 17.4 Å². The lowest BCUT2D eigenvalue weighted by Gasteiger charge is -2.09. The normalized spacial score (nSPS) is 12.0. The van der Waals surface area contributed by atoms with Crippen molar-refractivity contribution in [2.45, 2.75) is 11.8 Å². The number of imidazole rings is 1. The molecule has 0 saturated heterocycles. The first kappa shape index (κ1) is 13.7. The number of para-hydroxylation sites is 2. The van der Waals surface area contributed by atoms with E-state index in [0.29, 0.717) is 17.1 Å². The summed E-state index contributed by atoms with van der Waals surface area (Å²) in [4.78, 5) is 3.55. The summed E-state index contributed by atoms with van der Waals surface area (Å²) < 4.78 is 53.0. The number of rotatable bonds is 2. The third-order valence-corrected chi connectivity index (χ3v) is 4.92. The zero-order valence-electron chi connectivity index (χ0n) is 10.9. The number of hydrogen-bond acceptors (Lipinski definition) is 3. The number of halogens is 2. The highest BCUT2D eigenvalue weighted by Crippen LogP contribution is 2.24. The Hall–Kier alpha value is -2.28. The summed E-state index contributed by atoms with van der Waals surface area (Å²) in [5.74, 6) is -1.76. The lowest BCUT2D eigenvalue weighted by Crippen LogP contribution is -2.16. The highest BCUT2D eigenvalue weighted by atomic mass is 32.2. The third kappa shape index (κ3) is 2.09. The van der Waals surface area contributed by atoms with Crippen molar-refractivity contribution < 1.29 is 17.2 Å². The Morgan fingerprint density at radius 1 is 1.10 bits per heavy atom. The van der Waals surface area contributed by atoms with E-state index in [4.69, 9.17) is 0 Å². The van der Waals surface area contributed by atoms with Gasteiger partial charge >= 0.3 is 0 Å². The standard InChI is InChI=1S/C14H10F2N2O2S/c1-9-17-12-4-2-3-5-13(12)18(9)21(19,20)14-7-6-10(15)8-11(14)16/h2-8H,1H3. The maximum Gasteiger partial charge on any atom is 0.272 e. The molecule has 0 aliphatic carbocycles. The number of hydrogen-bond donors (Lipinski definition) is 0. The maximum absolute atomic E-state index is 13.8. The Labute approximate surface area is 119 Å². The second kappa shape index (κ2) is 4.63. The van der Waals surface area contributed by atoms with Crippen LogP contribution in [0.15, 0.2) is 47.4 Å². The average molecular weight is 308 g/mol. The van der Waals surface area contributed by atoms with E-state index in [9.17, 15) is 17.2 Å². The van der Waals surface area contributed by atoms with Crippen LogP contribution in [0.5, 0.6) is 0 Å². The van der Waals surface area contributed by atoms with E-state index in [1.54, 1.807) is 24.3 Å². The first-order valence-corrected chi connectivity index (χ1v) is 7.50. The fourth-order valence-electron chi connectivity index (χ4n) is 2.21. The van der Waals surface area contributed by atoms with Crippen LogP contribution in [0.1, 0.15) is 5.82 Å². The molecule has 0 spiro atoms. The molecule has 2 aromatic carbocycles. The Balaban J connectivity index is 2.33. The van der Waals surface area contributed by atoms with E-state index < -0.39 is 26.6 Å². The van der Waals surface area contributed by atoms with E-state index in [-0.39, 0.29) is 5.82 Å². The molecule has 0 radical (unpaired) electrons. The number of benzene rings is 2. The topological polar surface area (TPSA) is 52.0 Å². The van der Waals surface area contributed by atoms with Crippen molar-refractivity contribution >= 4 is 21.1 Å². The van der Waals surface area contributed by atoms with Gasteiger partial charge in [0.05, 0.1) is 11.0 Å². The van der Waals surface area contributed by atoms with E-state index in [2.05, 4.69) is 4.98 Å². The zero-order chi connectivity index (χ0) is 15.2. The molecule has 3 aromatic rings. The molecule has 4 nitrogen and oxygen atoms in total. The van der Waals surface area contributed by atoms with Crippen LogP contribution in [0.3, 0.4) is 0 Å². The summed E-state index contributed by atoms with van der Waals surface area (Å²) >= 11 is 0. The summed E-state index contributed by atoms with van der Waals surface area (Å²) in [7, 11) is -4.19. The minimum atomic E-state index is -4.19. The molecular weight excluding hydrogens is 298 g/mol. The minimum Gasteiger partial charge on any atom is -0.232 e. The SMILES string of the molecule is Cc1nc2ccccc2n1S(=O)(=O)c1ccc(F)cc1F. The largest absolute Gasteiger partial charge is 0.272 e. The van der Waals surface area contributed by atoms with Crippen LogP contribution in [-0.2, 0) is 10.0 Å². The molecule has 0 N–H and O–H groups in total. The Kier molecular flexibility index (Phi) is 3.02. The Morgan fingerprint density at radius 3 is 2.52 bits per heavy atom.